The van der Waals surface area contributed by atoms with Crippen LogP contribution in [0.1, 0.15) is 11.5 Å². The van der Waals surface area contributed by atoms with Gasteiger partial charge in [-0.15, -0.1) is 0 Å². The molecule has 1 aromatic carbocycles. The highest BCUT2D eigenvalue weighted by Gasteiger charge is 2.07. The molecule has 0 bridgehead atoms. The molecule has 1 aromatic heterocycles. The molecule has 0 saturated carbocycles. The Morgan fingerprint density at radius 2 is 2.17 bits per heavy atom. The van der Waals surface area contributed by atoms with Crippen LogP contribution in [0.25, 0.3) is 0 Å². The molecule has 0 unspecified atom stereocenters. The van der Waals surface area contributed by atoms with Crippen LogP contribution in [0.5, 0.6) is 5.75 Å². The highest BCUT2D eigenvalue weighted by atomic mass is 79.9. The summed E-state index contributed by atoms with van der Waals surface area (Å²) in [6, 6.07) is 5.98. The van der Waals surface area contributed by atoms with Gasteiger partial charge in [-0.2, -0.15) is 0 Å². The molecule has 0 spiro atoms. The fourth-order valence-electron chi connectivity index (χ4n) is 1.37. The van der Waals surface area contributed by atoms with E-state index >= 15 is 0 Å². The van der Waals surface area contributed by atoms with Crippen molar-refractivity contribution in [1.82, 2.24) is 5.16 Å². The molecule has 0 amide bonds. The predicted octanol–water partition coefficient (Wildman–Crippen LogP) is 3.30. The third-order valence-electron chi connectivity index (χ3n) is 2.16. The van der Waals surface area contributed by atoms with E-state index in [1.54, 1.807) is 19.2 Å². The van der Waals surface area contributed by atoms with E-state index in [1.807, 2.05) is 0 Å². The maximum Gasteiger partial charge on any atom is 0.162 e. The van der Waals surface area contributed by atoms with E-state index < -0.39 is 0 Å². The smallest absolute Gasteiger partial charge is 0.162 e. The van der Waals surface area contributed by atoms with Crippen molar-refractivity contribution in [2.24, 2.45) is 0 Å². The first-order chi connectivity index (χ1) is 8.69. The molecule has 0 atom stereocenters. The Bertz CT molecular complexity index is 530. The summed E-state index contributed by atoms with van der Waals surface area (Å²) in [5.74, 6) is 0.689. The van der Waals surface area contributed by atoms with Crippen molar-refractivity contribution >= 4 is 15.9 Å². The SMILES string of the molecule is COCc1cc(COc2cc(F)ccc2Br)no1. The number of aromatic nitrogens is 1. The molecule has 96 valence electrons. The quantitative estimate of drug-likeness (QED) is 0.849. The Hall–Kier alpha value is -1.40. The van der Waals surface area contributed by atoms with Crippen LogP contribution in [0.15, 0.2) is 33.3 Å². The van der Waals surface area contributed by atoms with Crippen molar-refractivity contribution in [3.05, 3.63) is 46.0 Å². The van der Waals surface area contributed by atoms with E-state index in [4.69, 9.17) is 14.0 Å². The van der Waals surface area contributed by atoms with Crippen molar-refractivity contribution in [2.45, 2.75) is 13.2 Å². The van der Waals surface area contributed by atoms with Gasteiger partial charge in [0.05, 0.1) is 4.47 Å². The van der Waals surface area contributed by atoms with E-state index in [0.717, 1.165) is 0 Å². The number of benzene rings is 1. The zero-order valence-electron chi connectivity index (χ0n) is 9.65. The number of methoxy groups -OCH3 is 1. The Morgan fingerprint density at radius 1 is 1.33 bits per heavy atom. The van der Waals surface area contributed by atoms with E-state index in [0.29, 0.717) is 28.3 Å². The number of halogens is 2. The highest BCUT2D eigenvalue weighted by Crippen LogP contribution is 2.26. The number of ether oxygens (including phenoxy) is 2. The van der Waals surface area contributed by atoms with Crippen molar-refractivity contribution in [2.75, 3.05) is 7.11 Å². The first kappa shape index (κ1) is 13.0. The molecule has 0 N–H and O–H groups in total. The van der Waals surface area contributed by atoms with Gasteiger partial charge in [-0.1, -0.05) is 5.16 Å². The Labute approximate surface area is 112 Å². The maximum absolute atomic E-state index is 13.0. The molecule has 0 aliphatic heterocycles. The first-order valence-electron chi connectivity index (χ1n) is 5.20. The lowest BCUT2D eigenvalue weighted by atomic mass is 10.3. The predicted molar refractivity (Wildman–Crippen MR) is 65.6 cm³/mol. The van der Waals surface area contributed by atoms with Crippen LogP contribution in [-0.2, 0) is 18.0 Å². The van der Waals surface area contributed by atoms with Crippen molar-refractivity contribution < 1.29 is 18.4 Å². The second-order valence-corrected chi connectivity index (χ2v) is 4.44. The molecule has 4 nitrogen and oxygen atoms in total. The summed E-state index contributed by atoms with van der Waals surface area (Å²) < 4.78 is 29.1. The average Bonchev–Trinajstić information content (AvgIpc) is 2.79. The summed E-state index contributed by atoms with van der Waals surface area (Å²) in [7, 11) is 1.57. The third-order valence-corrected chi connectivity index (χ3v) is 2.82. The average molecular weight is 316 g/mol. The van der Waals surface area contributed by atoms with E-state index in [1.165, 1.54) is 12.1 Å². The van der Waals surface area contributed by atoms with Crippen LogP contribution < -0.4 is 4.74 Å². The second kappa shape index (κ2) is 5.97. The number of nitrogens with zero attached hydrogens (tertiary/aromatic N) is 1. The van der Waals surface area contributed by atoms with E-state index in [2.05, 4.69) is 21.1 Å². The lowest BCUT2D eigenvalue weighted by Crippen LogP contribution is -1.96. The zero-order valence-corrected chi connectivity index (χ0v) is 11.2. The molecular formula is C12H11BrFNO3. The molecule has 1 heterocycles. The van der Waals surface area contributed by atoms with Crippen molar-refractivity contribution in [3.63, 3.8) is 0 Å². The fraction of sp³-hybridized carbons (Fsp3) is 0.250. The van der Waals surface area contributed by atoms with Crippen molar-refractivity contribution in [1.29, 1.82) is 0 Å². The number of hydrogen-bond donors (Lipinski definition) is 0. The Balaban J connectivity index is 1.99. The topological polar surface area (TPSA) is 44.5 Å². The first-order valence-corrected chi connectivity index (χ1v) is 5.99. The highest BCUT2D eigenvalue weighted by molar-refractivity contribution is 9.10. The van der Waals surface area contributed by atoms with Gasteiger partial charge >= 0.3 is 0 Å². The van der Waals surface area contributed by atoms with Gasteiger partial charge in [0.2, 0.25) is 0 Å². The normalized spacial score (nSPS) is 10.6. The van der Waals surface area contributed by atoms with Gasteiger partial charge in [0.15, 0.2) is 5.76 Å². The Morgan fingerprint density at radius 3 is 2.94 bits per heavy atom. The minimum Gasteiger partial charge on any atom is -0.486 e. The summed E-state index contributed by atoms with van der Waals surface area (Å²) in [6.07, 6.45) is 0. The van der Waals surface area contributed by atoms with Gasteiger partial charge in [-0.25, -0.2) is 4.39 Å². The van der Waals surface area contributed by atoms with Crippen LogP contribution >= 0.6 is 15.9 Å². The summed E-state index contributed by atoms with van der Waals surface area (Å²) in [5, 5.41) is 3.81. The molecule has 0 fully saturated rings. The van der Waals surface area contributed by atoms with Gasteiger partial charge in [0.25, 0.3) is 0 Å². The van der Waals surface area contributed by atoms with Crippen LogP contribution in [-0.4, -0.2) is 12.3 Å². The lowest BCUT2D eigenvalue weighted by molar-refractivity contribution is 0.155. The van der Waals surface area contributed by atoms with Crippen LogP contribution in [0, 0.1) is 5.82 Å². The molecule has 18 heavy (non-hydrogen) atoms. The van der Waals surface area contributed by atoms with Gasteiger partial charge in [-0.3, -0.25) is 0 Å². The molecule has 2 rings (SSSR count). The van der Waals surface area contributed by atoms with Gasteiger partial charge < -0.3 is 14.0 Å². The summed E-state index contributed by atoms with van der Waals surface area (Å²) >= 11 is 3.28. The molecular weight excluding hydrogens is 305 g/mol. The summed E-state index contributed by atoms with van der Waals surface area (Å²) in [5.41, 5.74) is 0.623. The van der Waals surface area contributed by atoms with Crippen LogP contribution in [0.2, 0.25) is 0 Å². The van der Waals surface area contributed by atoms with Gasteiger partial charge in [-0.05, 0) is 28.1 Å². The molecule has 0 aliphatic carbocycles. The summed E-state index contributed by atoms with van der Waals surface area (Å²) in [4.78, 5) is 0. The minimum absolute atomic E-state index is 0.204. The largest absolute Gasteiger partial charge is 0.486 e. The van der Waals surface area contributed by atoms with Gasteiger partial charge in [0.1, 0.15) is 30.5 Å². The number of hydrogen-bond acceptors (Lipinski definition) is 4. The Kier molecular flexibility index (Phi) is 4.33. The van der Waals surface area contributed by atoms with Gasteiger partial charge in [0, 0.05) is 19.2 Å². The number of rotatable bonds is 5. The third kappa shape index (κ3) is 3.30. The maximum atomic E-state index is 13.0. The second-order valence-electron chi connectivity index (χ2n) is 3.58. The monoisotopic (exact) mass is 315 g/mol. The fourth-order valence-corrected chi connectivity index (χ4v) is 1.73. The molecule has 0 radical (unpaired) electrons. The van der Waals surface area contributed by atoms with E-state index in [-0.39, 0.29) is 12.4 Å². The van der Waals surface area contributed by atoms with Crippen LogP contribution in [0.4, 0.5) is 4.39 Å². The lowest BCUT2D eigenvalue weighted by Gasteiger charge is -2.05. The van der Waals surface area contributed by atoms with Crippen molar-refractivity contribution in [3.8, 4) is 5.75 Å². The van der Waals surface area contributed by atoms with E-state index in [9.17, 15) is 4.39 Å². The zero-order chi connectivity index (χ0) is 13.0. The minimum atomic E-state index is -0.353. The van der Waals surface area contributed by atoms with Crippen LogP contribution in [0.3, 0.4) is 0 Å². The molecule has 2 aromatic rings. The summed E-state index contributed by atoms with van der Waals surface area (Å²) in [6.45, 7) is 0.561. The standard InChI is InChI=1S/C12H11BrFNO3/c1-16-7-10-5-9(15-18-10)6-17-12-4-8(14)2-3-11(12)13/h2-5H,6-7H2,1H3. The molecule has 0 aliphatic rings. The molecule has 6 heteroatoms. The molecule has 0 saturated heterocycles.